The lowest BCUT2D eigenvalue weighted by molar-refractivity contribution is -0.137. The normalized spacial score (nSPS) is 11.7. The SMILES string of the molecule is FC(F)(F)c1cccc(-c2n[c]ns2)c1. The summed E-state index contributed by atoms with van der Waals surface area (Å²) in [4.78, 5) is 3.72. The first-order valence-electron chi connectivity index (χ1n) is 3.95. The third kappa shape index (κ3) is 2.15. The van der Waals surface area contributed by atoms with Gasteiger partial charge < -0.3 is 0 Å². The van der Waals surface area contributed by atoms with Crippen molar-refractivity contribution in [1.82, 2.24) is 9.36 Å². The molecule has 1 aromatic carbocycles. The van der Waals surface area contributed by atoms with Gasteiger partial charge in [-0.25, -0.2) is 4.98 Å². The number of halogens is 3. The predicted octanol–water partition coefficient (Wildman–Crippen LogP) is 3.02. The van der Waals surface area contributed by atoms with Crippen LogP contribution in [0.1, 0.15) is 5.56 Å². The van der Waals surface area contributed by atoms with Crippen LogP contribution < -0.4 is 0 Å². The predicted molar refractivity (Wildman–Crippen MR) is 49.2 cm³/mol. The minimum atomic E-state index is -4.33. The zero-order chi connectivity index (χ0) is 10.9. The van der Waals surface area contributed by atoms with E-state index in [0.717, 1.165) is 23.7 Å². The van der Waals surface area contributed by atoms with Gasteiger partial charge in [0, 0.05) is 5.56 Å². The van der Waals surface area contributed by atoms with E-state index in [1.165, 1.54) is 6.07 Å². The second kappa shape index (κ2) is 3.62. The van der Waals surface area contributed by atoms with Crippen molar-refractivity contribution >= 4 is 11.5 Å². The average molecular weight is 229 g/mol. The lowest BCUT2D eigenvalue weighted by atomic mass is 10.1. The zero-order valence-corrected chi connectivity index (χ0v) is 8.06. The van der Waals surface area contributed by atoms with Gasteiger partial charge in [-0.2, -0.15) is 17.5 Å². The second-order valence-corrected chi connectivity index (χ2v) is 3.53. The summed E-state index contributed by atoms with van der Waals surface area (Å²) in [5, 5.41) is 0.432. The highest BCUT2D eigenvalue weighted by molar-refractivity contribution is 7.09. The summed E-state index contributed by atoms with van der Waals surface area (Å²) < 4.78 is 40.7. The highest BCUT2D eigenvalue weighted by Crippen LogP contribution is 2.32. The fourth-order valence-electron chi connectivity index (χ4n) is 1.10. The second-order valence-electron chi connectivity index (χ2n) is 2.78. The van der Waals surface area contributed by atoms with Gasteiger partial charge in [0.1, 0.15) is 5.01 Å². The molecule has 0 aliphatic heterocycles. The van der Waals surface area contributed by atoms with Crippen molar-refractivity contribution in [3.05, 3.63) is 36.2 Å². The van der Waals surface area contributed by atoms with E-state index in [4.69, 9.17) is 0 Å². The number of hydrogen-bond acceptors (Lipinski definition) is 3. The molecular formula is C9H4F3N2S. The van der Waals surface area contributed by atoms with Gasteiger partial charge in [-0.05, 0) is 23.7 Å². The molecule has 77 valence electrons. The Hall–Kier alpha value is -1.43. The Labute approximate surface area is 87.6 Å². The molecule has 15 heavy (non-hydrogen) atoms. The molecule has 0 aliphatic rings. The number of nitrogens with zero attached hydrogens (tertiary/aromatic N) is 2. The van der Waals surface area contributed by atoms with Gasteiger partial charge in [0.05, 0.1) is 5.56 Å². The van der Waals surface area contributed by atoms with Crippen LogP contribution in [0.4, 0.5) is 13.2 Å². The fraction of sp³-hybridized carbons (Fsp3) is 0.111. The molecule has 0 unspecified atom stereocenters. The topological polar surface area (TPSA) is 25.8 Å². The summed E-state index contributed by atoms with van der Waals surface area (Å²) in [6.45, 7) is 0. The summed E-state index contributed by atoms with van der Waals surface area (Å²) >= 11 is 1.01. The highest BCUT2D eigenvalue weighted by Gasteiger charge is 2.30. The average Bonchev–Trinajstić information content (AvgIpc) is 2.69. The Kier molecular flexibility index (Phi) is 2.44. The summed E-state index contributed by atoms with van der Waals surface area (Å²) in [7, 11) is 0. The number of benzene rings is 1. The number of alkyl halides is 3. The molecule has 0 aliphatic carbocycles. The van der Waals surface area contributed by atoms with Crippen molar-refractivity contribution in [2.45, 2.75) is 6.18 Å². The Morgan fingerprint density at radius 3 is 2.67 bits per heavy atom. The summed E-state index contributed by atoms with van der Waals surface area (Å²) in [5.41, 5.74) is -0.279. The smallest absolute Gasteiger partial charge is 0.212 e. The van der Waals surface area contributed by atoms with Gasteiger partial charge in [0.2, 0.25) is 6.33 Å². The molecule has 0 saturated carbocycles. The van der Waals surface area contributed by atoms with E-state index in [1.54, 1.807) is 6.07 Å². The van der Waals surface area contributed by atoms with E-state index in [9.17, 15) is 13.2 Å². The molecule has 0 fully saturated rings. The van der Waals surface area contributed by atoms with Crippen molar-refractivity contribution < 1.29 is 13.2 Å². The first kappa shape index (κ1) is 10.1. The van der Waals surface area contributed by atoms with Crippen molar-refractivity contribution in [1.29, 1.82) is 0 Å². The number of rotatable bonds is 1. The molecule has 1 radical (unpaired) electrons. The third-order valence-corrected chi connectivity index (χ3v) is 2.43. The Morgan fingerprint density at radius 2 is 2.07 bits per heavy atom. The summed E-state index contributed by atoms with van der Waals surface area (Å²) in [6.07, 6.45) is -2.01. The van der Waals surface area contributed by atoms with Gasteiger partial charge in [-0.15, -0.1) is 0 Å². The Morgan fingerprint density at radius 1 is 1.27 bits per heavy atom. The molecule has 1 aromatic heterocycles. The fourth-order valence-corrected chi connectivity index (χ4v) is 1.58. The van der Waals surface area contributed by atoms with Crippen LogP contribution in [0.5, 0.6) is 0 Å². The summed E-state index contributed by atoms with van der Waals surface area (Å²) in [5.74, 6) is 0. The monoisotopic (exact) mass is 229 g/mol. The van der Waals surface area contributed by atoms with E-state index in [1.807, 2.05) is 0 Å². The van der Waals surface area contributed by atoms with Crippen LogP contribution in [0.3, 0.4) is 0 Å². The maximum atomic E-state index is 12.4. The van der Waals surface area contributed by atoms with E-state index in [-0.39, 0.29) is 0 Å². The number of hydrogen-bond donors (Lipinski definition) is 0. The minimum absolute atomic E-state index is 0.406. The molecule has 2 aromatic rings. The lowest BCUT2D eigenvalue weighted by Gasteiger charge is -2.06. The van der Waals surface area contributed by atoms with Crippen molar-refractivity contribution in [3.8, 4) is 10.6 Å². The molecule has 2 nitrogen and oxygen atoms in total. The molecule has 0 spiro atoms. The molecule has 0 amide bonds. The van der Waals surface area contributed by atoms with Gasteiger partial charge >= 0.3 is 6.18 Å². The van der Waals surface area contributed by atoms with Crippen molar-refractivity contribution in [2.24, 2.45) is 0 Å². The molecular weight excluding hydrogens is 225 g/mol. The van der Waals surface area contributed by atoms with Crippen molar-refractivity contribution in [3.63, 3.8) is 0 Å². The van der Waals surface area contributed by atoms with E-state index in [0.29, 0.717) is 10.6 Å². The van der Waals surface area contributed by atoms with Crippen LogP contribution in [-0.2, 0) is 6.18 Å². The van der Waals surface area contributed by atoms with Gasteiger partial charge in [0.25, 0.3) is 0 Å². The minimum Gasteiger partial charge on any atom is -0.212 e. The molecule has 0 atom stereocenters. The standard InChI is InChI=1S/C9H4F3N2S/c10-9(11,12)7-3-1-2-6(4-7)8-13-5-14-15-8/h1-4H. The zero-order valence-electron chi connectivity index (χ0n) is 7.25. The maximum absolute atomic E-state index is 12.4. The van der Waals surface area contributed by atoms with E-state index in [2.05, 4.69) is 15.7 Å². The first-order valence-corrected chi connectivity index (χ1v) is 4.72. The van der Waals surface area contributed by atoms with Crippen LogP contribution in [0, 0.1) is 6.33 Å². The number of aromatic nitrogens is 2. The first-order chi connectivity index (χ1) is 7.07. The van der Waals surface area contributed by atoms with E-state index >= 15 is 0 Å². The lowest BCUT2D eigenvalue weighted by Crippen LogP contribution is -2.04. The molecule has 0 N–H and O–H groups in total. The van der Waals surface area contributed by atoms with E-state index < -0.39 is 11.7 Å². The van der Waals surface area contributed by atoms with Gasteiger partial charge in [-0.3, -0.25) is 0 Å². The molecule has 1 heterocycles. The van der Waals surface area contributed by atoms with Crippen LogP contribution in [-0.4, -0.2) is 9.36 Å². The van der Waals surface area contributed by atoms with Crippen LogP contribution in [0.15, 0.2) is 24.3 Å². The Bertz CT molecular complexity index is 451. The van der Waals surface area contributed by atoms with Crippen LogP contribution in [0.25, 0.3) is 10.6 Å². The summed E-state index contributed by atoms with van der Waals surface area (Å²) in [6, 6.07) is 4.98. The molecule has 2 rings (SSSR count). The Balaban J connectivity index is 2.44. The maximum Gasteiger partial charge on any atom is 0.416 e. The molecule has 0 bridgehead atoms. The van der Waals surface area contributed by atoms with Crippen LogP contribution in [0.2, 0.25) is 0 Å². The van der Waals surface area contributed by atoms with Gasteiger partial charge in [-0.1, -0.05) is 12.1 Å². The molecule has 6 heteroatoms. The highest BCUT2D eigenvalue weighted by atomic mass is 32.1. The van der Waals surface area contributed by atoms with Gasteiger partial charge in [0.15, 0.2) is 0 Å². The largest absolute Gasteiger partial charge is 0.416 e. The molecule has 0 saturated heterocycles. The van der Waals surface area contributed by atoms with Crippen LogP contribution >= 0.6 is 11.5 Å². The third-order valence-electron chi connectivity index (χ3n) is 1.76. The van der Waals surface area contributed by atoms with Crippen molar-refractivity contribution in [2.75, 3.05) is 0 Å². The quantitative estimate of drug-likeness (QED) is 0.751.